The van der Waals surface area contributed by atoms with Crippen LogP contribution in [0.2, 0.25) is 0 Å². The fourth-order valence-corrected chi connectivity index (χ4v) is 3.52. The number of hydrogen-bond donors (Lipinski definition) is 2. The summed E-state index contributed by atoms with van der Waals surface area (Å²) in [6.45, 7) is 2.39. The van der Waals surface area contributed by atoms with Crippen LogP contribution in [-0.2, 0) is 0 Å². The van der Waals surface area contributed by atoms with Crippen LogP contribution in [0, 0.1) is 6.92 Å². The van der Waals surface area contributed by atoms with Gasteiger partial charge in [0, 0.05) is 22.7 Å². The number of aliphatic hydroxyl groups is 1. The SMILES string of the molecule is Cc1ccc2sc(C(=O)N(CCO)C3CC3)c(N)c2c1. The minimum atomic E-state index is -0.0436. The van der Waals surface area contributed by atoms with Crippen LogP contribution >= 0.6 is 11.3 Å². The third-order valence-corrected chi connectivity index (χ3v) is 4.84. The summed E-state index contributed by atoms with van der Waals surface area (Å²) in [5, 5.41) is 10.1. The molecule has 3 N–H and O–H groups in total. The molecule has 1 aromatic heterocycles. The highest BCUT2D eigenvalue weighted by Crippen LogP contribution is 2.37. The van der Waals surface area contributed by atoms with Crippen molar-refractivity contribution in [1.29, 1.82) is 0 Å². The van der Waals surface area contributed by atoms with Crippen molar-refractivity contribution in [3.05, 3.63) is 28.6 Å². The number of nitrogens with zero attached hydrogens (tertiary/aromatic N) is 1. The van der Waals surface area contributed by atoms with E-state index in [1.165, 1.54) is 11.3 Å². The van der Waals surface area contributed by atoms with E-state index in [4.69, 9.17) is 10.8 Å². The largest absolute Gasteiger partial charge is 0.397 e. The Morgan fingerprint density at radius 1 is 1.50 bits per heavy atom. The standard InChI is InChI=1S/C15H18N2O2S/c1-9-2-5-12-11(8-9)13(16)14(20-12)15(19)17(6-7-18)10-3-4-10/h2,5,8,10,18H,3-4,6-7,16H2,1H3. The normalized spacial score (nSPS) is 14.7. The number of rotatable bonds is 4. The molecular weight excluding hydrogens is 272 g/mol. The summed E-state index contributed by atoms with van der Waals surface area (Å²) in [5.74, 6) is -0.0436. The number of carbonyl (C=O) groups excluding carboxylic acids is 1. The molecule has 0 bridgehead atoms. The highest BCUT2D eigenvalue weighted by atomic mass is 32.1. The minimum Gasteiger partial charge on any atom is -0.397 e. The number of nitrogens with two attached hydrogens (primary N) is 1. The molecule has 5 heteroatoms. The topological polar surface area (TPSA) is 66.6 Å². The van der Waals surface area contributed by atoms with Gasteiger partial charge in [-0.15, -0.1) is 11.3 Å². The van der Waals surface area contributed by atoms with Gasteiger partial charge in [0.25, 0.3) is 5.91 Å². The maximum Gasteiger partial charge on any atom is 0.266 e. The molecule has 0 atom stereocenters. The second-order valence-electron chi connectivity index (χ2n) is 5.30. The van der Waals surface area contributed by atoms with Crippen LogP contribution in [0.3, 0.4) is 0 Å². The molecule has 4 nitrogen and oxygen atoms in total. The second kappa shape index (κ2) is 5.07. The van der Waals surface area contributed by atoms with Gasteiger partial charge in [-0.3, -0.25) is 4.79 Å². The van der Waals surface area contributed by atoms with Crippen LogP contribution in [0.15, 0.2) is 18.2 Å². The summed E-state index contributed by atoms with van der Waals surface area (Å²) in [6.07, 6.45) is 2.05. The number of aliphatic hydroxyl groups excluding tert-OH is 1. The zero-order valence-corrected chi connectivity index (χ0v) is 12.2. The lowest BCUT2D eigenvalue weighted by atomic mass is 10.1. The van der Waals surface area contributed by atoms with E-state index in [1.54, 1.807) is 4.90 Å². The molecule has 1 saturated carbocycles. The van der Waals surface area contributed by atoms with E-state index in [9.17, 15) is 4.79 Å². The van der Waals surface area contributed by atoms with E-state index in [1.807, 2.05) is 25.1 Å². The molecule has 0 unspecified atom stereocenters. The average molecular weight is 290 g/mol. The number of anilines is 1. The van der Waals surface area contributed by atoms with Crippen LogP contribution < -0.4 is 5.73 Å². The molecule has 0 radical (unpaired) electrons. The van der Waals surface area contributed by atoms with Crippen LogP contribution in [0.25, 0.3) is 10.1 Å². The first-order chi connectivity index (χ1) is 9.61. The van der Waals surface area contributed by atoms with Crippen molar-refractivity contribution < 1.29 is 9.90 Å². The lowest BCUT2D eigenvalue weighted by Crippen LogP contribution is -2.35. The van der Waals surface area contributed by atoms with Crippen LogP contribution in [0.5, 0.6) is 0 Å². The Hall–Kier alpha value is -1.59. The quantitative estimate of drug-likeness (QED) is 0.908. The Labute approximate surface area is 121 Å². The molecule has 3 rings (SSSR count). The van der Waals surface area contributed by atoms with Crippen molar-refractivity contribution in [3.8, 4) is 0 Å². The van der Waals surface area contributed by atoms with Crippen LogP contribution in [-0.4, -0.2) is 35.1 Å². The van der Waals surface area contributed by atoms with E-state index in [0.29, 0.717) is 17.1 Å². The molecule has 2 aromatic rings. The third-order valence-electron chi connectivity index (χ3n) is 3.67. The van der Waals surface area contributed by atoms with Crippen molar-refractivity contribution >= 4 is 33.0 Å². The summed E-state index contributed by atoms with van der Waals surface area (Å²) in [6, 6.07) is 6.33. The first-order valence-corrected chi connectivity index (χ1v) is 7.64. The number of nitrogen functional groups attached to an aromatic ring is 1. The Morgan fingerprint density at radius 2 is 2.25 bits per heavy atom. The minimum absolute atomic E-state index is 0.00779. The Bertz CT molecular complexity index is 661. The van der Waals surface area contributed by atoms with E-state index in [-0.39, 0.29) is 18.6 Å². The fraction of sp³-hybridized carbons (Fsp3) is 0.400. The third kappa shape index (κ3) is 2.27. The van der Waals surface area contributed by atoms with E-state index in [0.717, 1.165) is 28.5 Å². The number of amides is 1. The van der Waals surface area contributed by atoms with Gasteiger partial charge in [-0.25, -0.2) is 0 Å². The second-order valence-corrected chi connectivity index (χ2v) is 6.35. The number of aryl methyl sites for hydroxylation is 1. The molecule has 106 valence electrons. The maximum absolute atomic E-state index is 12.6. The van der Waals surface area contributed by atoms with Gasteiger partial charge in [-0.1, -0.05) is 11.6 Å². The lowest BCUT2D eigenvalue weighted by molar-refractivity contribution is 0.0713. The van der Waals surface area contributed by atoms with Gasteiger partial charge in [0.05, 0.1) is 12.3 Å². The zero-order chi connectivity index (χ0) is 14.3. The Morgan fingerprint density at radius 3 is 2.90 bits per heavy atom. The molecule has 1 aromatic carbocycles. The predicted octanol–water partition coefficient (Wildman–Crippen LogP) is 2.39. The fourth-order valence-electron chi connectivity index (χ4n) is 2.46. The smallest absolute Gasteiger partial charge is 0.266 e. The van der Waals surface area contributed by atoms with Crippen molar-refractivity contribution in [3.63, 3.8) is 0 Å². The van der Waals surface area contributed by atoms with Crippen molar-refractivity contribution in [2.45, 2.75) is 25.8 Å². The predicted molar refractivity (Wildman–Crippen MR) is 82.1 cm³/mol. The van der Waals surface area contributed by atoms with Gasteiger partial charge in [0.2, 0.25) is 0 Å². The number of benzene rings is 1. The van der Waals surface area contributed by atoms with E-state index < -0.39 is 0 Å². The van der Waals surface area contributed by atoms with E-state index >= 15 is 0 Å². The van der Waals surface area contributed by atoms with Gasteiger partial charge in [0.15, 0.2) is 0 Å². The molecule has 0 spiro atoms. The summed E-state index contributed by atoms with van der Waals surface area (Å²) in [5.41, 5.74) is 7.87. The summed E-state index contributed by atoms with van der Waals surface area (Å²) in [4.78, 5) is 15.0. The van der Waals surface area contributed by atoms with Crippen molar-refractivity contribution in [2.75, 3.05) is 18.9 Å². The monoisotopic (exact) mass is 290 g/mol. The van der Waals surface area contributed by atoms with Crippen LogP contribution in [0.1, 0.15) is 28.1 Å². The molecule has 1 heterocycles. The zero-order valence-electron chi connectivity index (χ0n) is 11.4. The molecule has 1 aliphatic rings. The number of carbonyl (C=O) groups is 1. The van der Waals surface area contributed by atoms with Gasteiger partial charge in [-0.05, 0) is 31.9 Å². The summed E-state index contributed by atoms with van der Waals surface area (Å²) < 4.78 is 1.04. The highest BCUT2D eigenvalue weighted by molar-refractivity contribution is 7.21. The molecule has 1 amide bonds. The summed E-state index contributed by atoms with van der Waals surface area (Å²) in [7, 11) is 0. The molecule has 0 saturated heterocycles. The molecule has 0 aliphatic heterocycles. The maximum atomic E-state index is 12.6. The molecular formula is C15H18N2O2S. The van der Waals surface area contributed by atoms with Gasteiger partial charge in [0.1, 0.15) is 4.88 Å². The van der Waals surface area contributed by atoms with Crippen LogP contribution in [0.4, 0.5) is 5.69 Å². The highest BCUT2D eigenvalue weighted by Gasteiger charge is 2.34. The van der Waals surface area contributed by atoms with Gasteiger partial charge < -0.3 is 15.7 Å². The lowest BCUT2D eigenvalue weighted by Gasteiger charge is -2.20. The van der Waals surface area contributed by atoms with Crippen molar-refractivity contribution in [1.82, 2.24) is 4.90 Å². The average Bonchev–Trinajstić information content (AvgIpc) is 3.22. The summed E-state index contributed by atoms with van der Waals surface area (Å²) >= 11 is 1.44. The molecule has 20 heavy (non-hydrogen) atoms. The van der Waals surface area contributed by atoms with Gasteiger partial charge >= 0.3 is 0 Å². The first kappa shape index (κ1) is 13.4. The van der Waals surface area contributed by atoms with Crippen molar-refractivity contribution in [2.24, 2.45) is 0 Å². The Kier molecular flexibility index (Phi) is 3.40. The number of hydrogen-bond acceptors (Lipinski definition) is 4. The first-order valence-electron chi connectivity index (χ1n) is 6.82. The number of fused-ring (bicyclic) bond motifs is 1. The molecule has 1 aliphatic carbocycles. The number of thiophene rings is 1. The van der Waals surface area contributed by atoms with E-state index in [2.05, 4.69) is 0 Å². The Balaban J connectivity index is 2.00. The molecule has 1 fully saturated rings. The van der Waals surface area contributed by atoms with Gasteiger partial charge in [-0.2, -0.15) is 0 Å².